The lowest BCUT2D eigenvalue weighted by molar-refractivity contribution is 0.0981. The Morgan fingerprint density at radius 3 is 2.81 bits per heavy atom. The lowest BCUT2D eigenvalue weighted by Gasteiger charge is -2.30. The molecule has 0 saturated carbocycles. The van der Waals surface area contributed by atoms with E-state index in [1.807, 2.05) is 18.2 Å². The molecule has 1 amide bonds. The summed E-state index contributed by atoms with van der Waals surface area (Å²) >= 11 is 0. The third-order valence-electron chi connectivity index (χ3n) is 3.95. The molecule has 0 fully saturated rings. The Hall–Kier alpha value is -2.36. The molecule has 0 unspecified atom stereocenters. The predicted octanol–water partition coefficient (Wildman–Crippen LogP) is 3.31. The van der Waals surface area contributed by atoms with E-state index >= 15 is 0 Å². The molecule has 2 N–H and O–H groups in total. The van der Waals surface area contributed by atoms with Gasteiger partial charge in [-0.1, -0.05) is 18.2 Å². The van der Waals surface area contributed by atoms with Gasteiger partial charge in [-0.15, -0.1) is 0 Å². The summed E-state index contributed by atoms with van der Waals surface area (Å²) < 4.78 is 14.2. The summed E-state index contributed by atoms with van der Waals surface area (Å²) in [5.41, 5.74) is 9.04. The van der Waals surface area contributed by atoms with Crippen LogP contribution in [0.5, 0.6) is 0 Å². The molecular weight excluding hydrogens is 267 g/mol. The van der Waals surface area contributed by atoms with Crippen LogP contribution in [-0.4, -0.2) is 12.5 Å². The molecule has 0 spiro atoms. The van der Waals surface area contributed by atoms with Gasteiger partial charge in [-0.05, 0) is 49.1 Å². The zero-order valence-electron chi connectivity index (χ0n) is 11.9. The molecule has 0 aliphatic carbocycles. The molecule has 0 bridgehead atoms. The van der Waals surface area contributed by atoms with Crippen molar-refractivity contribution < 1.29 is 9.18 Å². The highest BCUT2D eigenvalue weighted by atomic mass is 19.1. The van der Waals surface area contributed by atoms with Crippen LogP contribution in [0.25, 0.3) is 0 Å². The smallest absolute Gasteiger partial charge is 0.261 e. The van der Waals surface area contributed by atoms with E-state index in [2.05, 4.69) is 0 Å². The molecule has 2 aromatic carbocycles. The maximum Gasteiger partial charge on any atom is 0.261 e. The fraction of sp³-hybridized carbons (Fsp3) is 0.235. The first kappa shape index (κ1) is 13.6. The van der Waals surface area contributed by atoms with E-state index < -0.39 is 5.82 Å². The third kappa shape index (κ3) is 2.27. The number of halogens is 1. The number of nitrogen functional groups attached to an aromatic ring is 1. The Morgan fingerprint density at radius 1 is 1.24 bits per heavy atom. The topological polar surface area (TPSA) is 46.3 Å². The summed E-state index contributed by atoms with van der Waals surface area (Å²) in [4.78, 5) is 14.3. The summed E-state index contributed by atoms with van der Waals surface area (Å²) in [6, 6.07) is 10.4. The second-order valence-corrected chi connectivity index (χ2v) is 5.34. The summed E-state index contributed by atoms with van der Waals surface area (Å²) in [6.07, 6.45) is 1.68. The van der Waals surface area contributed by atoms with Gasteiger partial charge >= 0.3 is 0 Å². The highest BCUT2D eigenvalue weighted by Gasteiger charge is 2.26. The number of fused-ring (bicyclic) bond motifs is 1. The quantitative estimate of drug-likeness (QED) is 0.817. The highest BCUT2D eigenvalue weighted by Crippen LogP contribution is 2.32. The molecule has 4 heteroatoms. The van der Waals surface area contributed by atoms with Gasteiger partial charge in [0.2, 0.25) is 0 Å². The Labute approximate surface area is 123 Å². The first-order valence-corrected chi connectivity index (χ1v) is 7.04. The van der Waals surface area contributed by atoms with Crippen LogP contribution < -0.4 is 10.6 Å². The van der Waals surface area contributed by atoms with Crippen LogP contribution >= 0.6 is 0 Å². The molecule has 0 aromatic heterocycles. The number of hydrogen-bond acceptors (Lipinski definition) is 2. The number of nitrogens with zero attached hydrogens (tertiary/aromatic N) is 1. The van der Waals surface area contributed by atoms with Gasteiger partial charge in [0, 0.05) is 17.9 Å². The Kier molecular flexibility index (Phi) is 3.37. The van der Waals surface area contributed by atoms with Gasteiger partial charge in [-0.3, -0.25) is 4.79 Å². The van der Waals surface area contributed by atoms with Crippen LogP contribution in [-0.2, 0) is 6.42 Å². The Balaban J connectivity index is 2.05. The van der Waals surface area contributed by atoms with Crippen molar-refractivity contribution in [3.8, 4) is 0 Å². The summed E-state index contributed by atoms with van der Waals surface area (Å²) in [6.45, 7) is 2.25. The Morgan fingerprint density at radius 2 is 2.00 bits per heavy atom. The van der Waals surface area contributed by atoms with Crippen molar-refractivity contribution >= 4 is 17.3 Å². The zero-order chi connectivity index (χ0) is 15.0. The van der Waals surface area contributed by atoms with Gasteiger partial charge in [0.15, 0.2) is 0 Å². The van der Waals surface area contributed by atoms with E-state index in [0.29, 0.717) is 17.8 Å². The molecular formula is C17H17FN2O. The van der Waals surface area contributed by atoms with Crippen LogP contribution in [0.4, 0.5) is 15.8 Å². The van der Waals surface area contributed by atoms with E-state index in [9.17, 15) is 9.18 Å². The minimum absolute atomic E-state index is 0.116. The number of amides is 1. The summed E-state index contributed by atoms with van der Waals surface area (Å²) in [5.74, 6) is -0.749. The van der Waals surface area contributed by atoms with Crippen molar-refractivity contribution in [2.45, 2.75) is 19.8 Å². The minimum Gasteiger partial charge on any atom is -0.398 e. The number of carbonyl (C=O) groups excluding carboxylic acids is 1. The van der Waals surface area contributed by atoms with Gasteiger partial charge in [-0.25, -0.2) is 4.39 Å². The molecule has 1 heterocycles. The van der Waals surface area contributed by atoms with Crippen LogP contribution in [0.15, 0.2) is 36.4 Å². The van der Waals surface area contributed by atoms with E-state index in [-0.39, 0.29) is 11.5 Å². The maximum absolute atomic E-state index is 14.2. The number of hydrogen-bond donors (Lipinski definition) is 1. The SMILES string of the molecule is Cc1cccc(C(=O)N2CCCc3c(N)cccc32)c1F. The second-order valence-electron chi connectivity index (χ2n) is 5.34. The van der Waals surface area contributed by atoms with Gasteiger partial charge in [0.25, 0.3) is 5.91 Å². The average Bonchev–Trinajstić information content (AvgIpc) is 2.49. The first-order chi connectivity index (χ1) is 10.1. The number of rotatable bonds is 1. The normalized spacial score (nSPS) is 13.9. The first-order valence-electron chi connectivity index (χ1n) is 7.04. The van der Waals surface area contributed by atoms with Crippen LogP contribution in [0.1, 0.15) is 27.9 Å². The number of benzene rings is 2. The number of carbonyl (C=O) groups is 1. The minimum atomic E-state index is -0.446. The van der Waals surface area contributed by atoms with Crippen molar-refractivity contribution in [1.29, 1.82) is 0 Å². The monoisotopic (exact) mass is 284 g/mol. The molecule has 3 nitrogen and oxygen atoms in total. The summed E-state index contributed by atoms with van der Waals surface area (Å²) in [7, 11) is 0. The molecule has 1 aliphatic rings. The van der Waals surface area contributed by atoms with E-state index in [1.165, 1.54) is 6.07 Å². The van der Waals surface area contributed by atoms with Gasteiger partial charge in [-0.2, -0.15) is 0 Å². The van der Waals surface area contributed by atoms with Crippen molar-refractivity contribution in [2.24, 2.45) is 0 Å². The van der Waals surface area contributed by atoms with Gasteiger partial charge in [0.05, 0.1) is 5.56 Å². The van der Waals surface area contributed by atoms with Crippen molar-refractivity contribution in [1.82, 2.24) is 0 Å². The largest absolute Gasteiger partial charge is 0.398 e. The van der Waals surface area contributed by atoms with Crippen LogP contribution in [0, 0.1) is 12.7 Å². The maximum atomic E-state index is 14.2. The third-order valence-corrected chi connectivity index (χ3v) is 3.95. The van der Waals surface area contributed by atoms with Gasteiger partial charge < -0.3 is 10.6 Å². The lowest BCUT2D eigenvalue weighted by atomic mass is 9.98. The molecule has 3 rings (SSSR count). The summed E-state index contributed by atoms with van der Waals surface area (Å²) in [5, 5.41) is 0. The molecule has 0 saturated heterocycles. The number of nitrogens with two attached hydrogens (primary N) is 1. The molecule has 0 atom stereocenters. The zero-order valence-corrected chi connectivity index (χ0v) is 11.9. The van der Waals surface area contributed by atoms with Crippen LogP contribution in [0.2, 0.25) is 0 Å². The van der Waals surface area contributed by atoms with E-state index in [1.54, 1.807) is 24.0 Å². The number of aryl methyl sites for hydroxylation is 1. The van der Waals surface area contributed by atoms with Gasteiger partial charge in [0.1, 0.15) is 5.82 Å². The lowest BCUT2D eigenvalue weighted by Crippen LogP contribution is -2.36. The van der Waals surface area contributed by atoms with E-state index in [4.69, 9.17) is 5.73 Å². The predicted molar refractivity (Wildman–Crippen MR) is 82.0 cm³/mol. The van der Waals surface area contributed by atoms with E-state index in [0.717, 1.165) is 24.1 Å². The van der Waals surface area contributed by atoms with Crippen molar-refractivity contribution in [3.05, 3.63) is 58.9 Å². The van der Waals surface area contributed by atoms with Crippen LogP contribution in [0.3, 0.4) is 0 Å². The van der Waals surface area contributed by atoms with Crippen molar-refractivity contribution in [2.75, 3.05) is 17.2 Å². The molecule has 0 radical (unpaired) electrons. The van der Waals surface area contributed by atoms with Crippen molar-refractivity contribution in [3.63, 3.8) is 0 Å². The molecule has 1 aliphatic heterocycles. The average molecular weight is 284 g/mol. The highest BCUT2D eigenvalue weighted by molar-refractivity contribution is 6.07. The Bertz CT molecular complexity index is 712. The fourth-order valence-electron chi connectivity index (χ4n) is 2.82. The molecule has 108 valence electrons. The second kappa shape index (κ2) is 5.20. The molecule has 21 heavy (non-hydrogen) atoms. The molecule has 2 aromatic rings. The fourth-order valence-corrected chi connectivity index (χ4v) is 2.82. The standard InChI is InChI=1S/C17H17FN2O/c1-11-5-2-6-13(16(11)18)17(21)20-10-4-7-12-14(19)8-3-9-15(12)20/h2-3,5-6,8-9H,4,7,10,19H2,1H3. The number of anilines is 2.